The van der Waals surface area contributed by atoms with Crippen molar-refractivity contribution in [2.75, 3.05) is 40.0 Å². The number of hydrogen-bond acceptors (Lipinski definition) is 6. The Morgan fingerprint density at radius 3 is 2.57 bits per heavy atom. The topological polar surface area (TPSA) is 84.1 Å². The quantitative estimate of drug-likeness (QED) is 0.241. The van der Waals surface area contributed by atoms with E-state index in [0.717, 1.165) is 28.6 Å². The molecule has 240 valence electrons. The van der Waals surface area contributed by atoms with E-state index in [1.54, 1.807) is 26.8 Å². The summed E-state index contributed by atoms with van der Waals surface area (Å²) in [6, 6.07) is 10.5. The molecule has 0 aliphatic carbocycles. The first kappa shape index (κ1) is 33.2. The van der Waals surface area contributed by atoms with Crippen molar-refractivity contribution in [3.05, 3.63) is 64.6 Å². The summed E-state index contributed by atoms with van der Waals surface area (Å²) in [4.78, 5) is 32.3. The second-order valence-electron chi connectivity index (χ2n) is 12.6. The number of para-hydroxylation sites is 1. The molecule has 1 amide bonds. The second kappa shape index (κ2) is 14.0. The molecule has 1 unspecified atom stereocenters. The molecule has 3 aromatic rings. The first-order valence-corrected chi connectivity index (χ1v) is 15.2. The third-order valence-corrected chi connectivity index (χ3v) is 8.12. The Balaban J connectivity index is 1.69. The van der Waals surface area contributed by atoms with E-state index in [2.05, 4.69) is 22.9 Å². The van der Waals surface area contributed by atoms with Gasteiger partial charge in [0.25, 0.3) is 0 Å². The van der Waals surface area contributed by atoms with Crippen LogP contribution in [0.3, 0.4) is 0 Å². The van der Waals surface area contributed by atoms with Gasteiger partial charge in [-0.15, -0.1) is 0 Å². The van der Waals surface area contributed by atoms with Gasteiger partial charge in [-0.25, -0.2) is 9.18 Å². The van der Waals surface area contributed by atoms with Crippen molar-refractivity contribution in [3.8, 4) is 5.75 Å². The molecule has 44 heavy (non-hydrogen) atoms. The Labute approximate surface area is 258 Å². The van der Waals surface area contributed by atoms with Crippen LogP contribution in [0.1, 0.15) is 69.5 Å². The Kier molecular flexibility index (Phi) is 10.6. The number of aromatic nitrogens is 1. The van der Waals surface area contributed by atoms with Crippen molar-refractivity contribution in [1.82, 2.24) is 14.8 Å². The van der Waals surface area contributed by atoms with Crippen LogP contribution < -0.4 is 4.74 Å². The maximum atomic E-state index is 16.0. The Morgan fingerprint density at radius 1 is 1.16 bits per heavy atom. The monoisotopic (exact) mass is 613 g/mol. The number of benzene rings is 2. The van der Waals surface area contributed by atoms with Crippen LogP contribution >= 0.6 is 0 Å². The van der Waals surface area contributed by atoms with Crippen molar-refractivity contribution in [2.24, 2.45) is 5.92 Å². The average Bonchev–Trinajstić information content (AvgIpc) is 3.33. The smallest absolute Gasteiger partial charge is 0.410 e. The minimum Gasteiger partial charge on any atom is -0.491 e. The predicted molar refractivity (Wildman–Crippen MR) is 166 cm³/mol. The number of carbonyl (C=O) groups is 2. The number of H-pyrrole nitrogens is 1. The molecule has 3 atom stereocenters. The summed E-state index contributed by atoms with van der Waals surface area (Å²) >= 11 is 0. The average molecular weight is 614 g/mol. The number of halogens is 2. The Bertz CT molecular complexity index is 1470. The summed E-state index contributed by atoms with van der Waals surface area (Å²) in [6.07, 6.45) is 0.384. The lowest BCUT2D eigenvalue weighted by Gasteiger charge is -2.42. The van der Waals surface area contributed by atoms with Gasteiger partial charge in [0.2, 0.25) is 0 Å². The first-order valence-electron chi connectivity index (χ1n) is 15.2. The SMILES string of the molecule is COC(=O)C(C)CN1[C@H](c2c(F)ccc(OCCN(CCCF)C(=O)OC(C)(C)C)c2C)c2[nH]c3ccccc3c2C[C@H]1C. The number of fused-ring (bicyclic) bond motifs is 3. The molecule has 0 radical (unpaired) electrons. The highest BCUT2D eigenvalue weighted by atomic mass is 19.1. The van der Waals surface area contributed by atoms with E-state index in [0.29, 0.717) is 23.4 Å². The minimum atomic E-state index is -0.690. The van der Waals surface area contributed by atoms with E-state index in [1.807, 2.05) is 32.0 Å². The lowest BCUT2D eigenvalue weighted by molar-refractivity contribution is -0.145. The zero-order valence-corrected chi connectivity index (χ0v) is 26.8. The first-order chi connectivity index (χ1) is 20.9. The normalized spacial score (nSPS) is 17.7. The molecule has 1 aromatic heterocycles. The molecule has 2 heterocycles. The summed E-state index contributed by atoms with van der Waals surface area (Å²) in [6.45, 7) is 11.4. The van der Waals surface area contributed by atoms with Crippen LogP contribution in [0.15, 0.2) is 36.4 Å². The number of hydrogen-bond donors (Lipinski definition) is 1. The zero-order valence-electron chi connectivity index (χ0n) is 26.8. The Hall–Kier alpha value is -3.66. The molecule has 0 saturated carbocycles. The zero-order chi connectivity index (χ0) is 32.2. The lowest BCUT2D eigenvalue weighted by Crippen LogP contribution is -2.46. The fourth-order valence-electron chi connectivity index (χ4n) is 6.00. The van der Waals surface area contributed by atoms with E-state index < -0.39 is 30.3 Å². The fraction of sp³-hybridized carbons (Fsp3) is 0.529. The van der Waals surface area contributed by atoms with Crippen molar-refractivity contribution in [3.63, 3.8) is 0 Å². The highest BCUT2D eigenvalue weighted by Crippen LogP contribution is 2.44. The van der Waals surface area contributed by atoms with Gasteiger partial charge < -0.3 is 24.1 Å². The third kappa shape index (κ3) is 7.34. The van der Waals surface area contributed by atoms with Gasteiger partial charge >= 0.3 is 12.1 Å². The molecule has 0 spiro atoms. The molecule has 0 bridgehead atoms. The molecule has 1 aliphatic rings. The summed E-state index contributed by atoms with van der Waals surface area (Å²) in [5, 5.41) is 1.10. The number of methoxy groups -OCH3 is 1. The van der Waals surface area contributed by atoms with Crippen LogP contribution in [0.5, 0.6) is 5.75 Å². The van der Waals surface area contributed by atoms with Crippen LogP contribution in [0.2, 0.25) is 0 Å². The van der Waals surface area contributed by atoms with Crippen LogP contribution in [-0.4, -0.2) is 78.5 Å². The van der Waals surface area contributed by atoms with Crippen LogP contribution in [0, 0.1) is 18.7 Å². The Morgan fingerprint density at radius 2 is 1.89 bits per heavy atom. The van der Waals surface area contributed by atoms with Gasteiger partial charge in [-0.05, 0) is 76.8 Å². The number of aromatic amines is 1. The number of alkyl halides is 1. The number of ether oxygens (including phenoxy) is 3. The highest BCUT2D eigenvalue weighted by molar-refractivity contribution is 5.85. The van der Waals surface area contributed by atoms with Crippen LogP contribution in [0.4, 0.5) is 13.6 Å². The van der Waals surface area contributed by atoms with Gasteiger partial charge in [0.05, 0.1) is 32.3 Å². The number of carbonyl (C=O) groups excluding carboxylic acids is 2. The van der Waals surface area contributed by atoms with Crippen molar-refractivity contribution < 1.29 is 32.6 Å². The largest absolute Gasteiger partial charge is 0.491 e. The van der Waals surface area contributed by atoms with E-state index in [4.69, 9.17) is 14.2 Å². The van der Waals surface area contributed by atoms with E-state index in [-0.39, 0.29) is 43.9 Å². The van der Waals surface area contributed by atoms with Gasteiger partial charge in [-0.1, -0.05) is 25.1 Å². The molecule has 1 aliphatic heterocycles. The van der Waals surface area contributed by atoms with Gasteiger partial charge in [0.1, 0.15) is 23.8 Å². The molecule has 4 rings (SSSR count). The van der Waals surface area contributed by atoms with Gasteiger partial charge in [0.15, 0.2) is 0 Å². The maximum Gasteiger partial charge on any atom is 0.410 e. The number of rotatable bonds is 11. The highest BCUT2D eigenvalue weighted by Gasteiger charge is 2.39. The summed E-state index contributed by atoms with van der Waals surface area (Å²) in [5.41, 5.74) is 3.38. The van der Waals surface area contributed by atoms with Crippen molar-refractivity contribution in [1.29, 1.82) is 0 Å². The molecular weight excluding hydrogens is 568 g/mol. The number of nitrogens with one attached hydrogen (secondary N) is 1. The van der Waals surface area contributed by atoms with Crippen molar-refractivity contribution >= 4 is 23.0 Å². The van der Waals surface area contributed by atoms with Crippen molar-refractivity contribution in [2.45, 2.75) is 72.1 Å². The van der Waals surface area contributed by atoms with Gasteiger partial charge in [0, 0.05) is 41.3 Å². The molecule has 10 heteroatoms. The van der Waals surface area contributed by atoms with Crippen LogP contribution in [-0.2, 0) is 20.7 Å². The number of esters is 1. The van der Waals surface area contributed by atoms with E-state index in [9.17, 15) is 14.0 Å². The molecular formula is C34H45F2N3O5. The standard InChI is InChI=1S/C34H45F2N3O5/c1-21(32(40)42-7)20-39-22(2)19-25-24-11-8-9-12-27(24)37-30(25)31(39)29-23(3)28(14-13-26(29)36)43-18-17-38(16-10-15-35)33(41)44-34(4,5)6/h8-9,11-14,21-22,31,37H,10,15-20H2,1-7H3/t21?,22-,31-/m1/s1. The van der Waals surface area contributed by atoms with E-state index in [1.165, 1.54) is 18.1 Å². The number of amides is 1. The van der Waals surface area contributed by atoms with Gasteiger partial charge in [-0.3, -0.25) is 14.1 Å². The number of nitrogens with zero attached hydrogens (tertiary/aromatic N) is 2. The predicted octanol–water partition coefficient (Wildman–Crippen LogP) is 6.74. The maximum absolute atomic E-state index is 16.0. The third-order valence-electron chi connectivity index (χ3n) is 8.12. The van der Waals surface area contributed by atoms with E-state index >= 15 is 4.39 Å². The minimum absolute atomic E-state index is 0.0000723. The molecule has 0 fully saturated rings. The molecule has 1 N–H and O–H groups in total. The molecule has 8 nitrogen and oxygen atoms in total. The molecule has 0 saturated heterocycles. The van der Waals surface area contributed by atoms with Gasteiger partial charge in [-0.2, -0.15) is 0 Å². The summed E-state index contributed by atoms with van der Waals surface area (Å²) in [5.74, 6) is -0.655. The lowest BCUT2D eigenvalue weighted by atomic mass is 9.86. The summed E-state index contributed by atoms with van der Waals surface area (Å²) in [7, 11) is 1.37. The van der Waals surface area contributed by atoms with Crippen LogP contribution in [0.25, 0.3) is 10.9 Å². The molecule has 2 aromatic carbocycles. The second-order valence-corrected chi connectivity index (χ2v) is 12.6. The summed E-state index contributed by atoms with van der Waals surface area (Å²) < 4.78 is 45.6. The fourth-order valence-corrected chi connectivity index (χ4v) is 6.00.